The molecule has 1 aliphatic rings. The molecule has 2 aromatic rings. The molecule has 0 N–H and O–H groups in total. The lowest BCUT2D eigenvalue weighted by Crippen LogP contribution is -2.48. The number of halogens is 1. The number of nitro groups is 1. The first kappa shape index (κ1) is 17.4. The third-order valence-electron chi connectivity index (χ3n) is 4.30. The molecule has 2 aromatic carbocycles. The van der Waals surface area contributed by atoms with Crippen molar-refractivity contribution in [2.75, 3.05) is 26.2 Å². The molecule has 25 heavy (non-hydrogen) atoms. The Kier molecular flexibility index (Phi) is 5.31. The van der Waals surface area contributed by atoms with Gasteiger partial charge in [-0.05, 0) is 29.8 Å². The van der Waals surface area contributed by atoms with Crippen molar-refractivity contribution in [2.24, 2.45) is 0 Å². The van der Waals surface area contributed by atoms with Crippen LogP contribution in [-0.4, -0.2) is 46.8 Å². The van der Waals surface area contributed by atoms with Crippen molar-refractivity contribution in [1.29, 1.82) is 0 Å². The van der Waals surface area contributed by atoms with Crippen molar-refractivity contribution in [2.45, 2.75) is 6.54 Å². The fourth-order valence-electron chi connectivity index (χ4n) is 2.87. The van der Waals surface area contributed by atoms with Crippen LogP contribution in [0.15, 0.2) is 48.5 Å². The number of rotatable bonds is 4. The molecule has 0 saturated carbocycles. The first-order valence-electron chi connectivity index (χ1n) is 8.03. The third-order valence-corrected chi connectivity index (χ3v) is 4.56. The van der Waals surface area contributed by atoms with Crippen LogP contribution in [-0.2, 0) is 6.54 Å². The minimum Gasteiger partial charge on any atom is -0.336 e. The van der Waals surface area contributed by atoms with Gasteiger partial charge in [0.05, 0.1) is 4.92 Å². The number of nitro benzene ring substituents is 1. The van der Waals surface area contributed by atoms with Crippen LogP contribution in [0.25, 0.3) is 0 Å². The SMILES string of the molecule is O=C(c1ccc([N+](=O)[O-])cc1)N1CCN(Cc2ccc(Cl)cc2)CC1. The van der Waals surface area contributed by atoms with Gasteiger partial charge in [-0.3, -0.25) is 19.8 Å². The zero-order chi connectivity index (χ0) is 17.8. The van der Waals surface area contributed by atoms with Crippen LogP contribution in [0.3, 0.4) is 0 Å². The van der Waals surface area contributed by atoms with E-state index in [0.717, 1.165) is 24.7 Å². The lowest BCUT2D eigenvalue weighted by Gasteiger charge is -2.34. The Morgan fingerprint density at radius 2 is 1.60 bits per heavy atom. The van der Waals surface area contributed by atoms with Gasteiger partial charge in [-0.2, -0.15) is 0 Å². The molecule has 7 heteroatoms. The van der Waals surface area contributed by atoms with Gasteiger partial charge in [-0.15, -0.1) is 0 Å². The summed E-state index contributed by atoms with van der Waals surface area (Å²) in [4.78, 5) is 26.8. The summed E-state index contributed by atoms with van der Waals surface area (Å²) in [5, 5.41) is 11.4. The van der Waals surface area contributed by atoms with E-state index >= 15 is 0 Å². The Morgan fingerprint density at radius 3 is 2.16 bits per heavy atom. The van der Waals surface area contributed by atoms with Gasteiger partial charge in [-0.1, -0.05) is 23.7 Å². The summed E-state index contributed by atoms with van der Waals surface area (Å²) < 4.78 is 0. The van der Waals surface area contributed by atoms with Crippen LogP contribution in [0, 0.1) is 10.1 Å². The van der Waals surface area contributed by atoms with Gasteiger partial charge in [0.25, 0.3) is 11.6 Å². The summed E-state index contributed by atoms with van der Waals surface area (Å²) in [7, 11) is 0. The Labute approximate surface area is 150 Å². The Balaban J connectivity index is 1.55. The van der Waals surface area contributed by atoms with Gasteiger partial charge < -0.3 is 4.90 Å². The Bertz CT molecular complexity index is 754. The maximum atomic E-state index is 12.5. The Hall–Kier alpha value is -2.44. The van der Waals surface area contributed by atoms with Gasteiger partial charge in [0, 0.05) is 55.4 Å². The zero-order valence-corrected chi connectivity index (χ0v) is 14.4. The first-order chi connectivity index (χ1) is 12.0. The lowest BCUT2D eigenvalue weighted by molar-refractivity contribution is -0.384. The maximum absolute atomic E-state index is 12.5. The zero-order valence-electron chi connectivity index (χ0n) is 13.6. The molecule has 0 aliphatic carbocycles. The largest absolute Gasteiger partial charge is 0.336 e. The van der Waals surface area contributed by atoms with Gasteiger partial charge in [0.2, 0.25) is 0 Å². The van der Waals surface area contributed by atoms with Gasteiger partial charge in [-0.25, -0.2) is 0 Å². The van der Waals surface area contributed by atoms with Crippen molar-refractivity contribution in [3.8, 4) is 0 Å². The van der Waals surface area contributed by atoms with E-state index in [4.69, 9.17) is 11.6 Å². The highest BCUT2D eigenvalue weighted by atomic mass is 35.5. The molecule has 1 heterocycles. The fraction of sp³-hybridized carbons (Fsp3) is 0.278. The van der Waals surface area contributed by atoms with Crippen LogP contribution >= 0.6 is 11.6 Å². The average molecular weight is 360 g/mol. The molecule has 0 aromatic heterocycles. The average Bonchev–Trinajstić information content (AvgIpc) is 2.64. The van der Waals surface area contributed by atoms with Gasteiger partial charge >= 0.3 is 0 Å². The first-order valence-corrected chi connectivity index (χ1v) is 8.41. The van der Waals surface area contributed by atoms with E-state index in [1.807, 2.05) is 24.3 Å². The van der Waals surface area contributed by atoms with Crippen LogP contribution in [0.1, 0.15) is 15.9 Å². The monoisotopic (exact) mass is 359 g/mol. The topological polar surface area (TPSA) is 66.7 Å². The molecule has 0 radical (unpaired) electrons. The van der Waals surface area contributed by atoms with E-state index in [-0.39, 0.29) is 11.6 Å². The highest BCUT2D eigenvalue weighted by molar-refractivity contribution is 6.30. The summed E-state index contributed by atoms with van der Waals surface area (Å²) in [5.74, 6) is -0.0824. The van der Waals surface area contributed by atoms with Crippen molar-refractivity contribution < 1.29 is 9.72 Å². The number of non-ortho nitro benzene ring substituents is 1. The minimum absolute atomic E-state index is 0.00988. The molecule has 1 saturated heterocycles. The molecule has 6 nitrogen and oxygen atoms in total. The molecular formula is C18H18ClN3O3. The Morgan fingerprint density at radius 1 is 1.00 bits per heavy atom. The number of nitrogens with zero attached hydrogens (tertiary/aromatic N) is 3. The second kappa shape index (κ2) is 7.63. The summed E-state index contributed by atoms with van der Waals surface area (Å²) >= 11 is 5.90. The summed E-state index contributed by atoms with van der Waals surface area (Å²) in [6.07, 6.45) is 0. The molecule has 0 atom stereocenters. The normalized spacial score (nSPS) is 15.2. The predicted octanol–water partition coefficient (Wildman–Crippen LogP) is 3.21. The number of amides is 1. The number of benzene rings is 2. The molecule has 0 unspecified atom stereocenters. The standard InChI is InChI=1S/C18H18ClN3O3/c19-16-5-1-14(2-6-16)13-20-9-11-21(12-10-20)18(23)15-3-7-17(8-4-15)22(24)25/h1-8H,9-13H2. The van der Waals surface area contributed by atoms with Crippen LogP contribution in [0.2, 0.25) is 5.02 Å². The van der Waals surface area contributed by atoms with Crippen LogP contribution in [0.4, 0.5) is 5.69 Å². The van der Waals surface area contributed by atoms with Crippen LogP contribution in [0.5, 0.6) is 0 Å². The number of hydrogen-bond acceptors (Lipinski definition) is 4. The van der Waals surface area contributed by atoms with E-state index in [9.17, 15) is 14.9 Å². The molecule has 1 aliphatic heterocycles. The number of hydrogen-bond donors (Lipinski definition) is 0. The fourth-order valence-corrected chi connectivity index (χ4v) is 2.99. The van der Waals surface area contributed by atoms with Crippen molar-refractivity contribution in [3.63, 3.8) is 0 Å². The van der Waals surface area contributed by atoms with Crippen LogP contribution < -0.4 is 0 Å². The third kappa shape index (κ3) is 4.35. The molecule has 130 valence electrons. The second-order valence-electron chi connectivity index (χ2n) is 6.00. The minimum atomic E-state index is -0.468. The van der Waals surface area contributed by atoms with Crippen molar-refractivity contribution in [3.05, 3.63) is 74.8 Å². The van der Waals surface area contributed by atoms with Gasteiger partial charge in [0.1, 0.15) is 0 Å². The predicted molar refractivity (Wildman–Crippen MR) is 95.7 cm³/mol. The molecule has 0 bridgehead atoms. The number of carbonyl (C=O) groups excluding carboxylic acids is 1. The van der Waals surface area contributed by atoms with E-state index in [0.29, 0.717) is 18.7 Å². The van der Waals surface area contributed by atoms with Crippen molar-refractivity contribution in [1.82, 2.24) is 9.80 Å². The van der Waals surface area contributed by atoms with Gasteiger partial charge in [0.15, 0.2) is 0 Å². The smallest absolute Gasteiger partial charge is 0.269 e. The summed E-state index contributed by atoms with van der Waals surface area (Å²) in [6, 6.07) is 13.5. The second-order valence-corrected chi connectivity index (χ2v) is 6.44. The van der Waals surface area contributed by atoms with E-state index in [1.165, 1.54) is 29.8 Å². The number of carbonyl (C=O) groups is 1. The quantitative estimate of drug-likeness (QED) is 0.621. The maximum Gasteiger partial charge on any atom is 0.269 e. The molecule has 0 spiro atoms. The molecule has 1 fully saturated rings. The molecular weight excluding hydrogens is 342 g/mol. The highest BCUT2D eigenvalue weighted by Gasteiger charge is 2.22. The number of piperazine rings is 1. The summed E-state index contributed by atoms with van der Waals surface area (Å²) in [6.45, 7) is 3.70. The highest BCUT2D eigenvalue weighted by Crippen LogP contribution is 2.16. The lowest BCUT2D eigenvalue weighted by atomic mass is 10.1. The van der Waals surface area contributed by atoms with E-state index < -0.39 is 4.92 Å². The van der Waals surface area contributed by atoms with E-state index in [1.54, 1.807) is 4.90 Å². The summed E-state index contributed by atoms with van der Waals surface area (Å²) in [5.41, 5.74) is 1.67. The van der Waals surface area contributed by atoms with E-state index in [2.05, 4.69) is 4.90 Å². The molecule has 1 amide bonds. The molecule has 3 rings (SSSR count). The van der Waals surface area contributed by atoms with Crippen molar-refractivity contribution >= 4 is 23.2 Å².